The first-order valence-electron chi connectivity index (χ1n) is 6.99. The van der Waals surface area contributed by atoms with Crippen LogP contribution in [0, 0.1) is 5.82 Å². The van der Waals surface area contributed by atoms with Crippen LogP contribution in [0.1, 0.15) is 27.7 Å². The van der Waals surface area contributed by atoms with Crippen LogP contribution in [0.15, 0.2) is 75.8 Å². The van der Waals surface area contributed by atoms with Crippen molar-refractivity contribution < 1.29 is 13.6 Å². The second-order valence-electron chi connectivity index (χ2n) is 4.96. The normalized spacial score (nSPS) is 11.9. The predicted octanol–water partition coefficient (Wildman–Crippen LogP) is 4.70. The Bertz CT molecular complexity index is 803. The van der Waals surface area contributed by atoms with E-state index in [-0.39, 0.29) is 11.5 Å². The Hall–Kier alpha value is -2.40. The molecule has 0 radical (unpaired) electrons. The molecule has 1 N–H and O–H groups in total. The van der Waals surface area contributed by atoms with Crippen LogP contribution in [0.3, 0.4) is 0 Å². The number of carbonyl (C=O) groups is 1. The standard InChI is InChI=1S/C18H13BrFNO2/c19-15-9-8-13(20)11-14(15)18(22)21-17(16-7-4-10-23-16)12-5-2-1-3-6-12/h1-11,17H,(H,21,22). The van der Waals surface area contributed by atoms with Crippen molar-refractivity contribution in [3.05, 3.63) is 94.1 Å². The Morgan fingerprint density at radius 3 is 2.57 bits per heavy atom. The molecular weight excluding hydrogens is 361 g/mol. The van der Waals surface area contributed by atoms with Gasteiger partial charge in [-0.2, -0.15) is 0 Å². The van der Waals surface area contributed by atoms with E-state index in [1.165, 1.54) is 18.2 Å². The van der Waals surface area contributed by atoms with Gasteiger partial charge in [0.05, 0.1) is 11.8 Å². The molecule has 0 aliphatic rings. The lowest BCUT2D eigenvalue weighted by Crippen LogP contribution is -2.29. The summed E-state index contributed by atoms with van der Waals surface area (Å²) in [5, 5.41) is 2.89. The van der Waals surface area contributed by atoms with E-state index >= 15 is 0 Å². The van der Waals surface area contributed by atoms with Crippen molar-refractivity contribution in [2.45, 2.75) is 6.04 Å². The van der Waals surface area contributed by atoms with Crippen LogP contribution in [0.4, 0.5) is 4.39 Å². The Morgan fingerprint density at radius 1 is 1.09 bits per heavy atom. The van der Waals surface area contributed by atoms with Gasteiger partial charge in [0.2, 0.25) is 0 Å². The highest BCUT2D eigenvalue weighted by atomic mass is 79.9. The van der Waals surface area contributed by atoms with E-state index in [9.17, 15) is 9.18 Å². The molecular formula is C18H13BrFNO2. The smallest absolute Gasteiger partial charge is 0.253 e. The van der Waals surface area contributed by atoms with Gasteiger partial charge in [0, 0.05) is 4.47 Å². The minimum absolute atomic E-state index is 0.234. The molecule has 0 aliphatic heterocycles. The molecule has 0 spiro atoms. The van der Waals surface area contributed by atoms with Crippen molar-refractivity contribution in [3.8, 4) is 0 Å². The van der Waals surface area contributed by atoms with Gasteiger partial charge in [0.15, 0.2) is 0 Å². The van der Waals surface area contributed by atoms with Crippen molar-refractivity contribution in [1.29, 1.82) is 0 Å². The summed E-state index contributed by atoms with van der Waals surface area (Å²) in [4.78, 5) is 12.5. The van der Waals surface area contributed by atoms with Gasteiger partial charge in [-0.05, 0) is 51.8 Å². The number of furan rings is 1. The molecule has 0 bridgehead atoms. The number of carbonyl (C=O) groups excluding carboxylic acids is 1. The van der Waals surface area contributed by atoms with E-state index < -0.39 is 11.9 Å². The van der Waals surface area contributed by atoms with Crippen molar-refractivity contribution in [1.82, 2.24) is 5.32 Å². The fourth-order valence-electron chi connectivity index (χ4n) is 2.30. The minimum atomic E-state index is -0.465. The number of rotatable bonds is 4. The molecule has 1 aromatic heterocycles. The SMILES string of the molecule is O=C(NC(c1ccccc1)c1ccco1)c1cc(F)ccc1Br. The zero-order valence-electron chi connectivity index (χ0n) is 12.0. The van der Waals surface area contributed by atoms with E-state index in [0.29, 0.717) is 10.2 Å². The molecule has 0 saturated heterocycles. The lowest BCUT2D eigenvalue weighted by Gasteiger charge is -2.17. The molecule has 23 heavy (non-hydrogen) atoms. The van der Waals surface area contributed by atoms with Crippen LogP contribution in [-0.2, 0) is 0 Å². The highest BCUT2D eigenvalue weighted by Gasteiger charge is 2.21. The molecule has 3 aromatic rings. The second kappa shape index (κ2) is 6.79. The minimum Gasteiger partial charge on any atom is -0.467 e. The van der Waals surface area contributed by atoms with Crippen LogP contribution in [0.25, 0.3) is 0 Å². The van der Waals surface area contributed by atoms with E-state index in [0.717, 1.165) is 5.56 Å². The molecule has 116 valence electrons. The first-order chi connectivity index (χ1) is 11.1. The third-order valence-corrected chi connectivity index (χ3v) is 4.10. The number of amides is 1. The van der Waals surface area contributed by atoms with Gasteiger partial charge in [-0.1, -0.05) is 30.3 Å². The van der Waals surface area contributed by atoms with Crippen molar-refractivity contribution in [2.75, 3.05) is 0 Å². The summed E-state index contributed by atoms with van der Waals surface area (Å²) in [6.07, 6.45) is 1.55. The van der Waals surface area contributed by atoms with Crippen molar-refractivity contribution in [3.63, 3.8) is 0 Å². The Balaban J connectivity index is 1.93. The van der Waals surface area contributed by atoms with Gasteiger partial charge >= 0.3 is 0 Å². The maximum atomic E-state index is 13.4. The summed E-state index contributed by atoms with van der Waals surface area (Å²) >= 11 is 3.28. The number of halogens is 2. The summed E-state index contributed by atoms with van der Waals surface area (Å²) in [5.74, 6) is -0.244. The maximum absolute atomic E-state index is 13.4. The van der Waals surface area contributed by atoms with Crippen LogP contribution in [-0.4, -0.2) is 5.91 Å². The average Bonchev–Trinajstić information content (AvgIpc) is 3.09. The fourth-order valence-corrected chi connectivity index (χ4v) is 2.73. The summed E-state index contributed by atoms with van der Waals surface area (Å²) < 4.78 is 19.4. The topological polar surface area (TPSA) is 42.2 Å². The molecule has 0 aliphatic carbocycles. The Morgan fingerprint density at radius 2 is 1.87 bits per heavy atom. The molecule has 1 unspecified atom stereocenters. The number of hydrogen-bond acceptors (Lipinski definition) is 2. The summed E-state index contributed by atoms with van der Waals surface area (Å²) in [7, 11) is 0. The highest BCUT2D eigenvalue weighted by molar-refractivity contribution is 9.10. The molecule has 0 fully saturated rings. The maximum Gasteiger partial charge on any atom is 0.253 e. The largest absolute Gasteiger partial charge is 0.467 e. The third kappa shape index (κ3) is 3.51. The van der Waals surface area contributed by atoms with Gasteiger partial charge < -0.3 is 9.73 Å². The zero-order chi connectivity index (χ0) is 16.2. The average molecular weight is 374 g/mol. The van der Waals surface area contributed by atoms with E-state index in [1.54, 1.807) is 18.4 Å². The van der Waals surface area contributed by atoms with Crippen LogP contribution < -0.4 is 5.32 Å². The highest BCUT2D eigenvalue weighted by Crippen LogP contribution is 2.24. The molecule has 1 amide bonds. The van der Waals surface area contributed by atoms with E-state index in [4.69, 9.17) is 4.42 Å². The van der Waals surface area contributed by atoms with Crippen molar-refractivity contribution in [2.24, 2.45) is 0 Å². The summed E-state index contributed by atoms with van der Waals surface area (Å²) in [5.41, 5.74) is 1.11. The Kier molecular flexibility index (Phi) is 4.57. The molecule has 3 rings (SSSR count). The predicted molar refractivity (Wildman–Crippen MR) is 88.6 cm³/mol. The van der Waals surface area contributed by atoms with Crippen molar-refractivity contribution >= 4 is 21.8 Å². The van der Waals surface area contributed by atoms with Crippen LogP contribution in [0.5, 0.6) is 0 Å². The fraction of sp³-hybridized carbons (Fsp3) is 0.0556. The first kappa shape index (κ1) is 15.5. The van der Waals surface area contributed by atoms with Gasteiger partial charge in [0.1, 0.15) is 17.6 Å². The van der Waals surface area contributed by atoms with E-state index in [2.05, 4.69) is 21.2 Å². The van der Waals surface area contributed by atoms with E-state index in [1.807, 2.05) is 30.3 Å². The number of benzene rings is 2. The van der Waals surface area contributed by atoms with Gasteiger partial charge in [-0.15, -0.1) is 0 Å². The lowest BCUT2D eigenvalue weighted by molar-refractivity contribution is 0.0937. The quantitative estimate of drug-likeness (QED) is 0.719. The molecule has 1 heterocycles. The second-order valence-corrected chi connectivity index (χ2v) is 5.81. The Labute approximate surface area is 141 Å². The molecule has 5 heteroatoms. The monoisotopic (exact) mass is 373 g/mol. The van der Waals surface area contributed by atoms with Gasteiger partial charge in [-0.3, -0.25) is 4.79 Å². The van der Waals surface area contributed by atoms with Gasteiger partial charge in [-0.25, -0.2) is 4.39 Å². The summed E-state index contributed by atoms with van der Waals surface area (Å²) in [6, 6.07) is 16.6. The van der Waals surface area contributed by atoms with Crippen LogP contribution >= 0.6 is 15.9 Å². The first-order valence-corrected chi connectivity index (χ1v) is 7.78. The van der Waals surface area contributed by atoms with Crippen LogP contribution in [0.2, 0.25) is 0 Å². The molecule has 3 nitrogen and oxygen atoms in total. The number of hydrogen-bond donors (Lipinski definition) is 1. The number of nitrogens with one attached hydrogen (secondary N) is 1. The lowest BCUT2D eigenvalue weighted by atomic mass is 10.0. The summed E-state index contributed by atoms with van der Waals surface area (Å²) in [6.45, 7) is 0. The molecule has 1 atom stereocenters. The zero-order valence-corrected chi connectivity index (χ0v) is 13.6. The van der Waals surface area contributed by atoms with Gasteiger partial charge in [0.25, 0.3) is 5.91 Å². The molecule has 0 saturated carbocycles. The third-order valence-electron chi connectivity index (χ3n) is 3.41. The molecule has 2 aromatic carbocycles.